The summed E-state index contributed by atoms with van der Waals surface area (Å²) < 4.78 is 0. The van der Waals surface area contributed by atoms with Crippen LogP contribution in [0.3, 0.4) is 0 Å². The summed E-state index contributed by atoms with van der Waals surface area (Å²) in [6.07, 6.45) is 6.32. The summed E-state index contributed by atoms with van der Waals surface area (Å²) in [5, 5.41) is 0. The summed E-state index contributed by atoms with van der Waals surface area (Å²) in [5.41, 5.74) is 1.65. The van der Waals surface area contributed by atoms with Gasteiger partial charge in [-0.15, -0.1) is 0 Å². The molecule has 0 aromatic carbocycles. The average Bonchev–Trinajstić information content (AvgIpc) is 3.00. The van der Waals surface area contributed by atoms with Crippen molar-refractivity contribution >= 4 is 17.3 Å². The summed E-state index contributed by atoms with van der Waals surface area (Å²) in [6, 6.07) is 1.96. The molecule has 0 amide bonds. The van der Waals surface area contributed by atoms with E-state index < -0.39 is 0 Å². The highest BCUT2D eigenvalue weighted by Gasteiger charge is 2.30. The van der Waals surface area contributed by atoms with E-state index in [1.807, 2.05) is 24.2 Å². The molecule has 0 radical (unpaired) electrons. The molecular formula is C13H17N3O. The van der Waals surface area contributed by atoms with Crippen LogP contribution in [0.1, 0.15) is 31.2 Å². The van der Waals surface area contributed by atoms with Crippen molar-refractivity contribution in [3.05, 3.63) is 17.8 Å². The van der Waals surface area contributed by atoms with Crippen LogP contribution in [0, 0.1) is 5.92 Å². The maximum absolute atomic E-state index is 12.4. The molecule has 2 aliphatic rings. The van der Waals surface area contributed by atoms with Gasteiger partial charge in [0.15, 0.2) is 5.78 Å². The Bertz CT molecular complexity index is 469. The van der Waals surface area contributed by atoms with Crippen molar-refractivity contribution in [2.24, 2.45) is 10.9 Å². The second kappa shape index (κ2) is 4.02. The molecule has 0 unspecified atom stereocenters. The molecule has 1 saturated carbocycles. The van der Waals surface area contributed by atoms with Gasteiger partial charge in [-0.3, -0.25) is 9.79 Å². The Labute approximate surface area is 101 Å². The van der Waals surface area contributed by atoms with E-state index in [4.69, 9.17) is 0 Å². The first kappa shape index (κ1) is 10.6. The highest BCUT2D eigenvalue weighted by atomic mass is 16.1. The first-order chi connectivity index (χ1) is 8.27. The van der Waals surface area contributed by atoms with Crippen molar-refractivity contribution in [3.8, 4) is 0 Å². The third kappa shape index (κ3) is 1.68. The largest absolute Gasteiger partial charge is 0.348 e. The number of anilines is 1. The van der Waals surface area contributed by atoms with Crippen LogP contribution in [0.15, 0.2) is 17.3 Å². The fourth-order valence-corrected chi connectivity index (χ4v) is 2.79. The number of hydrogen-bond donors (Lipinski definition) is 1. The minimum absolute atomic E-state index is 0.208. The average molecular weight is 231 g/mol. The van der Waals surface area contributed by atoms with Crippen molar-refractivity contribution in [2.45, 2.75) is 25.7 Å². The van der Waals surface area contributed by atoms with Gasteiger partial charge in [0.25, 0.3) is 0 Å². The molecule has 0 spiro atoms. The number of nitrogens with one attached hydrogen (secondary N) is 1. The van der Waals surface area contributed by atoms with Crippen LogP contribution < -0.4 is 4.90 Å². The molecule has 1 fully saturated rings. The van der Waals surface area contributed by atoms with E-state index in [1.54, 1.807) is 0 Å². The van der Waals surface area contributed by atoms with Crippen LogP contribution in [0.5, 0.6) is 0 Å². The third-order valence-electron chi connectivity index (χ3n) is 3.76. The van der Waals surface area contributed by atoms with Crippen LogP contribution >= 0.6 is 0 Å². The predicted molar refractivity (Wildman–Crippen MR) is 67.6 cm³/mol. The second-order valence-corrected chi connectivity index (χ2v) is 4.93. The summed E-state index contributed by atoms with van der Waals surface area (Å²) in [4.78, 5) is 22.1. The second-order valence-electron chi connectivity index (χ2n) is 4.93. The zero-order valence-corrected chi connectivity index (χ0v) is 10.1. The smallest absolute Gasteiger partial charge is 0.184 e. The molecule has 3 rings (SSSR count). The van der Waals surface area contributed by atoms with Gasteiger partial charge < -0.3 is 9.88 Å². The fourth-order valence-electron chi connectivity index (χ4n) is 2.79. The fraction of sp³-hybridized carbons (Fsp3) is 0.538. The Kier molecular flexibility index (Phi) is 2.50. The van der Waals surface area contributed by atoms with Crippen LogP contribution in [-0.4, -0.2) is 30.2 Å². The van der Waals surface area contributed by atoms with Gasteiger partial charge in [0.2, 0.25) is 0 Å². The van der Waals surface area contributed by atoms with Crippen LogP contribution in [0.25, 0.3) is 0 Å². The Hall–Kier alpha value is -1.58. The molecule has 4 heteroatoms. The standard InChI is InChI=1S/C13H17N3O/c1-16-8-15-11(10-6-7-14-13(10)16)12(17)9-4-2-3-5-9/h6-7,9,14H,2-5,8H2,1H3. The number of H-pyrrole nitrogens is 1. The molecule has 0 bridgehead atoms. The molecule has 1 aromatic rings. The Morgan fingerprint density at radius 1 is 1.47 bits per heavy atom. The lowest BCUT2D eigenvalue weighted by atomic mass is 9.95. The highest BCUT2D eigenvalue weighted by Crippen LogP contribution is 2.29. The number of aromatic amines is 1. The Morgan fingerprint density at radius 3 is 3.00 bits per heavy atom. The monoisotopic (exact) mass is 231 g/mol. The minimum Gasteiger partial charge on any atom is -0.348 e. The molecule has 4 nitrogen and oxygen atoms in total. The SMILES string of the molecule is CN1CN=C(C(=O)C2CCCC2)c2cc[nH]c21. The van der Waals surface area contributed by atoms with Crippen molar-refractivity contribution in [2.75, 3.05) is 18.6 Å². The van der Waals surface area contributed by atoms with Gasteiger partial charge in [0.1, 0.15) is 18.2 Å². The first-order valence-electron chi connectivity index (χ1n) is 6.25. The summed E-state index contributed by atoms with van der Waals surface area (Å²) in [6.45, 7) is 0.571. The van der Waals surface area contributed by atoms with Crippen molar-refractivity contribution < 1.29 is 4.79 Å². The number of ketones is 1. The van der Waals surface area contributed by atoms with Gasteiger partial charge in [0.05, 0.1) is 0 Å². The zero-order valence-electron chi connectivity index (χ0n) is 10.1. The number of rotatable bonds is 2. The Morgan fingerprint density at radius 2 is 2.24 bits per heavy atom. The van der Waals surface area contributed by atoms with Crippen LogP contribution in [0.4, 0.5) is 5.82 Å². The van der Waals surface area contributed by atoms with Crippen molar-refractivity contribution in [3.63, 3.8) is 0 Å². The number of carbonyl (C=O) groups excluding carboxylic acids is 1. The Balaban J connectivity index is 1.91. The van der Waals surface area contributed by atoms with E-state index >= 15 is 0 Å². The highest BCUT2D eigenvalue weighted by molar-refractivity contribution is 6.48. The molecule has 0 saturated heterocycles. The van der Waals surface area contributed by atoms with Crippen molar-refractivity contribution in [1.82, 2.24) is 4.98 Å². The number of fused-ring (bicyclic) bond motifs is 1. The summed E-state index contributed by atoms with van der Waals surface area (Å²) >= 11 is 0. The van der Waals surface area contributed by atoms with Crippen molar-refractivity contribution in [1.29, 1.82) is 0 Å². The van der Waals surface area contributed by atoms with E-state index in [9.17, 15) is 4.79 Å². The number of aliphatic imine (C=N–C) groups is 1. The normalized spacial score (nSPS) is 20.3. The predicted octanol–water partition coefficient (Wildman–Crippen LogP) is 1.97. The zero-order chi connectivity index (χ0) is 11.8. The molecule has 1 aliphatic heterocycles. The van der Waals surface area contributed by atoms with Gasteiger partial charge in [0, 0.05) is 24.7 Å². The van der Waals surface area contributed by atoms with Crippen LogP contribution in [0.2, 0.25) is 0 Å². The van der Waals surface area contributed by atoms with E-state index in [2.05, 4.69) is 9.98 Å². The van der Waals surface area contributed by atoms with Gasteiger partial charge in [-0.2, -0.15) is 0 Å². The number of aromatic nitrogens is 1. The van der Waals surface area contributed by atoms with E-state index in [0.29, 0.717) is 12.4 Å². The topological polar surface area (TPSA) is 48.5 Å². The van der Waals surface area contributed by atoms with E-state index in [1.165, 1.54) is 12.8 Å². The molecule has 17 heavy (non-hydrogen) atoms. The number of nitrogens with zero attached hydrogens (tertiary/aromatic N) is 2. The van der Waals surface area contributed by atoms with Gasteiger partial charge in [-0.05, 0) is 18.9 Å². The number of Topliss-reactive ketones (excluding diaryl/α,β-unsaturated/α-hetero) is 1. The van der Waals surface area contributed by atoms with Gasteiger partial charge >= 0.3 is 0 Å². The van der Waals surface area contributed by atoms with Gasteiger partial charge in [-0.1, -0.05) is 12.8 Å². The minimum atomic E-state index is 0.208. The van der Waals surface area contributed by atoms with E-state index in [-0.39, 0.29) is 11.7 Å². The molecule has 2 heterocycles. The number of carbonyl (C=O) groups is 1. The lowest BCUT2D eigenvalue weighted by Crippen LogP contribution is -2.31. The molecule has 1 aromatic heterocycles. The first-order valence-corrected chi connectivity index (χ1v) is 6.25. The number of hydrogen-bond acceptors (Lipinski definition) is 3. The molecular weight excluding hydrogens is 214 g/mol. The summed E-state index contributed by atoms with van der Waals surface area (Å²) in [7, 11) is 1.98. The molecule has 90 valence electrons. The molecule has 1 aliphatic carbocycles. The summed E-state index contributed by atoms with van der Waals surface area (Å²) in [5.74, 6) is 1.47. The maximum atomic E-state index is 12.4. The lowest BCUT2D eigenvalue weighted by Gasteiger charge is -2.23. The molecule has 1 N–H and O–H groups in total. The third-order valence-corrected chi connectivity index (χ3v) is 3.76. The molecule has 0 atom stereocenters. The van der Waals surface area contributed by atoms with Gasteiger partial charge in [-0.25, -0.2) is 0 Å². The lowest BCUT2D eigenvalue weighted by molar-refractivity contribution is -0.116. The maximum Gasteiger partial charge on any atom is 0.184 e. The quantitative estimate of drug-likeness (QED) is 0.846. The van der Waals surface area contributed by atoms with E-state index in [0.717, 1.165) is 24.2 Å². The van der Waals surface area contributed by atoms with Crippen LogP contribution in [-0.2, 0) is 4.79 Å².